The Morgan fingerprint density at radius 3 is 2.92 bits per heavy atom. The first-order valence-corrected chi connectivity index (χ1v) is 9.84. The molecule has 2 heterocycles. The van der Waals surface area contributed by atoms with Gasteiger partial charge in [0, 0.05) is 24.0 Å². The molecule has 2 aromatic rings. The fourth-order valence-electron chi connectivity index (χ4n) is 3.55. The van der Waals surface area contributed by atoms with Gasteiger partial charge in [-0.3, -0.25) is 0 Å². The van der Waals surface area contributed by atoms with Crippen molar-refractivity contribution in [1.29, 1.82) is 0 Å². The van der Waals surface area contributed by atoms with Crippen LogP contribution in [0.15, 0.2) is 24.3 Å². The lowest BCUT2D eigenvalue weighted by Gasteiger charge is -2.22. The van der Waals surface area contributed by atoms with E-state index in [1.807, 2.05) is 4.68 Å². The molecule has 0 amide bonds. The van der Waals surface area contributed by atoms with Crippen molar-refractivity contribution in [2.75, 3.05) is 6.61 Å². The SMILES string of the molecule is Cc1c(C(C)c2cccc(C#CC3CC3)c2)nnn1CC1CCCCO1. The summed E-state index contributed by atoms with van der Waals surface area (Å²) < 4.78 is 7.87. The van der Waals surface area contributed by atoms with Crippen molar-refractivity contribution in [3.05, 3.63) is 46.8 Å². The second-order valence-corrected chi connectivity index (χ2v) is 7.62. The van der Waals surface area contributed by atoms with Crippen molar-refractivity contribution < 1.29 is 4.74 Å². The van der Waals surface area contributed by atoms with Crippen LogP contribution in [0.4, 0.5) is 0 Å². The number of aromatic nitrogens is 3. The van der Waals surface area contributed by atoms with E-state index in [0.717, 1.165) is 36.5 Å². The maximum Gasteiger partial charge on any atom is 0.0928 e. The van der Waals surface area contributed by atoms with Crippen LogP contribution in [0, 0.1) is 24.7 Å². The van der Waals surface area contributed by atoms with E-state index in [1.165, 1.54) is 31.2 Å². The first-order chi connectivity index (χ1) is 12.7. The minimum Gasteiger partial charge on any atom is -0.376 e. The Bertz CT molecular complexity index is 819. The molecule has 4 heteroatoms. The summed E-state index contributed by atoms with van der Waals surface area (Å²) in [5.41, 5.74) is 4.54. The van der Waals surface area contributed by atoms with Crippen molar-refractivity contribution in [2.24, 2.45) is 5.92 Å². The average Bonchev–Trinajstić information content (AvgIpc) is 3.44. The molecule has 4 rings (SSSR count). The summed E-state index contributed by atoms with van der Waals surface area (Å²) >= 11 is 0. The molecule has 0 bridgehead atoms. The van der Waals surface area contributed by atoms with Crippen molar-refractivity contribution in [1.82, 2.24) is 15.0 Å². The van der Waals surface area contributed by atoms with Gasteiger partial charge in [0.15, 0.2) is 0 Å². The Kier molecular flexibility index (Phi) is 5.08. The molecular formula is C22H27N3O. The third kappa shape index (κ3) is 3.99. The summed E-state index contributed by atoms with van der Waals surface area (Å²) in [5.74, 6) is 7.50. The highest BCUT2D eigenvalue weighted by Gasteiger charge is 2.21. The standard InChI is InChI=1S/C22H27N3O/c1-16(20-7-5-6-19(14-20)12-11-18-9-10-18)22-17(2)25(24-23-22)15-21-8-3-4-13-26-21/h5-7,14,16,18,21H,3-4,8-10,13,15H2,1-2H3. The van der Waals surface area contributed by atoms with E-state index < -0.39 is 0 Å². The number of nitrogens with zero attached hydrogens (tertiary/aromatic N) is 3. The second kappa shape index (κ2) is 7.63. The first kappa shape index (κ1) is 17.3. The number of rotatable bonds is 4. The first-order valence-electron chi connectivity index (χ1n) is 9.84. The van der Waals surface area contributed by atoms with Gasteiger partial charge in [-0.1, -0.05) is 36.1 Å². The van der Waals surface area contributed by atoms with E-state index in [2.05, 4.69) is 60.3 Å². The second-order valence-electron chi connectivity index (χ2n) is 7.62. The maximum atomic E-state index is 5.85. The molecule has 2 unspecified atom stereocenters. The summed E-state index contributed by atoms with van der Waals surface area (Å²) in [6, 6.07) is 8.55. The predicted octanol–water partition coefficient (Wildman–Crippen LogP) is 4.07. The zero-order valence-corrected chi connectivity index (χ0v) is 15.7. The molecule has 136 valence electrons. The summed E-state index contributed by atoms with van der Waals surface area (Å²) in [7, 11) is 0. The molecule has 2 aliphatic rings. The summed E-state index contributed by atoms with van der Waals surface area (Å²) in [6.07, 6.45) is 6.33. The minimum absolute atomic E-state index is 0.207. The van der Waals surface area contributed by atoms with Crippen LogP contribution in [0.2, 0.25) is 0 Å². The highest BCUT2D eigenvalue weighted by Crippen LogP contribution is 2.28. The quantitative estimate of drug-likeness (QED) is 0.781. The molecule has 2 atom stereocenters. The number of ether oxygens (including phenoxy) is 1. The normalized spacial score (nSPS) is 21.1. The fourth-order valence-corrected chi connectivity index (χ4v) is 3.55. The average molecular weight is 349 g/mol. The topological polar surface area (TPSA) is 39.9 Å². The molecule has 1 aromatic carbocycles. The third-order valence-electron chi connectivity index (χ3n) is 5.46. The molecule has 1 aliphatic carbocycles. The summed E-state index contributed by atoms with van der Waals surface area (Å²) in [5, 5.41) is 8.90. The van der Waals surface area contributed by atoms with Crippen LogP contribution < -0.4 is 0 Å². The van der Waals surface area contributed by atoms with E-state index in [4.69, 9.17) is 4.74 Å². The van der Waals surface area contributed by atoms with Gasteiger partial charge in [-0.2, -0.15) is 0 Å². The summed E-state index contributed by atoms with van der Waals surface area (Å²) in [6.45, 7) is 5.99. The molecule has 0 radical (unpaired) electrons. The van der Waals surface area contributed by atoms with Crippen LogP contribution in [0.25, 0.3) is 0 Å². The Morgan fingerprint density at radius 1 is 1.27 bits per heavy atom. The fraction of sp³-hybridized carbons (Fsp3) is 0.545. The van der Waals surface area contributed by atoms with Gasteiger partial charge in [0.1, 0.15) is 0 Å². The van der Waals surface area contributed by atoms with Crippen molar-refractivity contribution in [2.45, 2.75) is 64.5 Å². The van der Waals surface area contributed by atoms with Gasteiger partial charge in [-0.15, -0.1) is 5.10 Å². The Labute approximate surface area is 155 Å². The highest BCUT2D eigenvalue weighted by molar-refractivity contribution is 5.41. The van der Waals surface area contributed by atoms with E-state index in [0.29, 0.717) is 5.92 Å². The van der Waals surface area contributed by atoms with E-state index >= 15 is 0 Å². The van der Waals surface area contributed by atoms with Crippen LogP contribution in [0.1, 0.15) is 67.5 Å². The Hall–Kier alpha value is -2.12. The van der Waals surface area contributed by atoms with Gasteiger partial charge >= 0.3 is 0 Å². The molecule has 1 aromatic heterocycles. The number of hydrogen-bond donors (Lipinski definition) is 0. The number of benzene rings is 1. The highest BCUT2D eigenvalue weighted by atomic mass is 16.5. The maximum absolute atomic E-state index is 5.85. The molecule has 1 saturated carbocycles. The Balaban J connectivity index is 1.50. The minimum atomic E-state index is 0.207. The van der Waals surface area contributed by atoms with Crippen LogP contribution in [-0.4, -0.2) is 27.7 Å². The van der Waals surface area contributed by atoms with Crippen LogP contribution >= 0.6 is 0 Å². The Morgan fingerprint density at radius 2 is 2.15 bits per heavy atom. The van der Waals surface area contributed by atoms with E-state index in [9.17, 15) is 0 Å². The lowest BCUT2D eigenvalue weighted by Crippen LogP contribution is -2.25. The molecule has 1 saturated heterocycles. The molecular weight excluding hydrogens is 322 g/mol. The van der Waals surface area contributed by atoms with Crippen molar-refractivity contribution in [3.63, 3.8) is 0 Å². The number of hydrogen-bond acceptors (Lipinski definition) is 3. The molecule has 0 spiro atoms. The summed E-state index contributed by atoms with van der Waals surface area (Å²) in [4.78, 5) is 0. The molecule has 2 fully saturated rings. The monoisotopic (exact) mass is 349 g/mol. The van der Waals surface area contributed by atoms with Gasteiger partial charge in [-0.05, 0) is 56.7 Å². The van der Waals surface area contributed by atoms with Gasteiger partial charge in [0.25, 0.3) is 0 Å². The smallest absolute Gasteiger partial charge is 0.0928 e. The molecule has 26 heavy (non-hydrogen) atoms. The van der Waals surface area contributed by atoms with Crippen molar-refractivity contribution >= 4 is 0 Å². The van der Waals surface area contributed by atoms with Crippen LogP contribution in [0.3, 0.4) is 0 Å². The largest absolute Gasteiger partial charge is 0.376 e. The van der Waals surface area contributed by atoms with Gasteiger partial charge in [0.05, 0.1) is 24.0 Å². The van der Waals surface area contributed by atoms with E-state index in [-0.39, 0.29) is 12.0 Å². The third-order valence-corrected chi connectivity index (χ3v) is 5.46. The zero-order chi connectivity index (χ0) is 17.9. The van der Waals surface area contributed by atoms with Crippen molar-refractivity contribution in [3.8, 4) is 11.8 Å². The van der Waals surface area contributed by atoms with Gasteiger partial charge < -0.3 is 4.74 Å². The predicted molar refractivity (Wildman–Crippen MR) is 102 cm³/mol. The lowest BCUT2D eigenvalue weighted by atomic mass is 9.95. The zero-order valence-electron chi connectivity index (χ0n) is 15.7. The van der Waals surface area contributed by atoms with Gasteiger partial charge in [-0.25, -0.2) is 4.68 Å². The van der Waals surface area contributed by atoms with Crippen LogP contribution in [0.5, 0.6) is 0 Å². The molecule has 4 nitrogen and oxygen atoms in total. The lowest BCUT2D eigenvalue weighted by molar-refractivity contribution is 0.00335. The van der Waals surface area contributed by atoms with E-state index in [1.54, 1.807) is 0 Å². The molecule has 0 N–H and O–H groups in total. The van der Waals surface area contributed by atoms with Gasteiger partial charge in [0.2, 0.25) is 0 Å². The van der Waals surface area contributed by atoms with Crippen LogP contribution in [-0.2, 0) is 11.3 Å². The molecule has 1 aliphatic heterocycles.